The number of hydrogen-bond donors (Lipinski definition) is 0. The molecule has 0 N–H and O–H groups in total. The zero-order chi connectivity index (χ0) is 21.0. The maximum Gasteiger partial charge on any atom is 0.338 e. The molecule has 0 amide bonds. The number of ether oxygens (including phenoxy) is 1. The molecule has 7 heteroatoms. The van der Waals surface area contributed by atoms with Gasteiger partial charge in [-0.25, -0.2) is 4.79 Å². The first kappa shape index (κ1) is 22.7. The highest BCUT2D eigenvalue weighted by Gasteiger charge is 2.10. The fourth-order valence-electron chi connectivity index (χ4n) is 2.69. The summed E-state index contributed by atoms with van der Waals surface area (Å²) < 4.78 is 4.86. The molecule has 156 valence electrons. The van der Waals surface area contributed by atoms with E-state index in [9.17, 15) is 4.79 Å². The van der Waals surface area contributed by atoms with Gasteiger partial charge >= 0.3 is 5.97 Å². The van der Waals surface area contributed by atoms with Crippen molar-refractivity contribution < 1.29 is 9.53 Å². The van der Waals surface area contributed by atoms with Crippen LogP contribution in [0.2, 0.25) is 0 Å². The number of methoxy groups -OCH3 is 1. The van der Waals surface area contributed by atoms with Gasteiger partial charge in [0.05, 0.1) is 18.4 Å². The van der Waals surface area contributed by atoms with E-state index in [2.05, 4.69) is 22.1 Å². The number of nitrogens with zero attached hydrogens (tertiary/aromatic N) is 2. The number of rotatable bonds is 11. The molecule has 0 radical (unpaired) electrons. The number of aromatic nitrogens is 2. The lowest BCUT2D eigenvalue weighted by Gasteiger charge is -2.07. The van der Waals surface area contributed by atoms with Crippen LogP contribution in [0.25, 0.3) is 0 Å². The van der Waals surface area contributed by atoms with Crippen LogP contribution >= 0.6 is 35.3 Å². The zero-order valence-corrected chi connectivity index (χ0v) is 19.3. The van der Waals surface area contributed by atoms with Crippen LogP contribution in [0.5, 0.6) is 0 Å². The topological polar surface area (TPSA) is 52.1 Å². The fourth-order valence-corrected chi connectivity index (χ4v) is 5.56. The average Bonchev–Trinajstić information content (AvgIpc) is 2.80. The summed E-state index contributed by atoms with van der Waals surface area (Å²) in [5, 5.41) is 0. The van der Waals surface area contributed by atoms with Crippen molar-refractivity contribution in [3.05, 3.63) is 83.9 Å². The first-order chi connectivity index (χ1) is 14.8. The number of carbonyl (C=O) groups excluding carboxylic acids is 1. The van der Waals surface area contributed by atoms with Gasteiger partial charge in [0.2, 0.25) is 0 Å². The molecule has 0 aliphatic carbocycles. The van der Waals surface area contributed by atoms with Gasteiger partial charge in [-0.1, -0.05) is 12.1 Å². The highest BCUT2D eigenvalue weighted by atomic mass is 32.2. The van der Waals surface area contributed by atoms with Crippen LogP contribution in [0.15, 0.2) is 76.9 Å². The molecule has 0 spiro atoms. The standard InChI is InChI=1S/C23H24N2O2S3/c1-27-23(26)21-5-2-3-6-22(21)29-14-4-13-28-16-18-7-12-25-19(15-18)17-30-20-8-10-24-11-9-20/h2-3,5-12,15H,4,13-14,16-17H2,1H3. The molecule has 3 aromatic rings. The molecule has 0 unspecified atom stereocenters. The summed E-state index contributed by atoms with van der Waals surface area (Å²) in [4.78, 5) is 22.6. The van der Waals surface area contributed by atoms with Crippen molar-refractivity contribution in [3.63, 3.8) is 0 Å². The molecule has 2 aromatic heterocycles. The van der Waals surface area contributed by atoms with Crippen LogP contribution in [0, 0.1) is 0 Å². The van der Waals surface area contributed by atoms with E-state index in [0.29, 0.717) is 5.56 Å². The average molecular weight is 457 g/mol. The number of thioether (sulfide) groups is 3. The minimum absolute atomic E-state index is 0.275. The molecule has 4 nitrogen and oxygen atoms in total. The van der Waals surface area contributed by atoms with E-state index in [4.69, 9.17) is 4.74 Å². The second-order valence-electron chi connectivity index (χ2n) is 6.37. The smallest absolute Gasteiger partial charge is 0.338 e. The summed E-state index contributed by atoms with van der Waals surface area (Å²) in [5.74, 6) is 3.63. The number of carbonyl (C=O) groups is 1. The molecule has 0 saturated carbocycles. The lowest BCUT2D eigenvalue weighted by molar-refractivity contribution is 0.0597. The highest BCUT2D eigenvalue weighted by Crippen LogP contribution is 2.25. The summed E-state index contributed by atoms with van der Waals surface area (Å²) >= 11 is 5.42. The molecular formula is C23H24N2O2S3. The van der Waals surface area contributed by atoms with Gasteiger partial charge in [-0.05, 0) is 59.9 Å². The second-order valence-corrected chi connectivity index (χ2v) is 9.66. The van der Waals surface area contributed by atoms with Gasteiger partial charge in [-0.2, -0.15) is 11.8 Å². The van der Waals surface area contributed by atoms with Crippen molar-refractivity contribution >= 4 is 41.3 Å². The summed E-state index contributed by atoms with van der Waals surface area (Å²) in [6.45, 7) is 0. The lowest BCUT2D eigenvalue weighted by atomic mass is 10.2. The Balaban J connectivity index is 1.37. The quantitative estimate of drug-likeness (QED) is 0.200. The Morgan fingerprint density at radius 2 is 1.80 bits per heavy atom. The minimum Gasteiger partial charge on any atom is -0.465 e. The van der Waals surface area contributed by atoms with Crippen LogP contribution in [0.3, 0.4) is 0 Å². The molecule has 0 fully saturated rings. The van der Waals surface area contributed by atoms with Crippen molar-refractivity contribution in [2.75, 3.05) is 18.6 Å². The third-order valence-corrected chi connectivity index (χ3v) is 7.49. The van der Waals surface area contributed by atoms with Crippen molar-refractivity contribution in [2.24, 2.45) is 0 Å². The molecule has 3 rings (SSSR count). The van der Waals surface area contributed by atoms with Gasteiger partial charge in [0.15, 0.2) is 0 Å². The molecule has 2 heterocycles. The summed E-state index contributed by atoms with van der Waals surface area (Å²) in [7, 11) is 1.42. The van der Waals surface area contributed by atoms with Crippen molar-refractivity contribution in [1.82, 2.24) is 9.97 Å². The first-order valence-corrected chi connectivity index (χ1v) is 12.7. The van der Waals surface area contributed by atoms with E-state index in [-0.39, 0.29) is 5.97 Å². The summed E-state index contributed by atoms with van der Waals surface area (Å²) in [6, 6.07) is 15.9. The molecule has 0 atom stereocenters. The van der Waals surface area contributed by atoms with Crippen molar-refractivity contribution in [2.45, 2.75) is 27.7 Å². The molecule has 1 aromatic carbocycles. The third-order valence-electron chi connectivity index (χ3n) is 4.17. The molecule has 0 bridgehead atoms. The second kappa shape index (κ2) is 12.7. The Morgan fingerprint density at radius 1 is 0.967 bits per heavy atom. The Morgan fingerprint density at radius 3 is 2.63 bits per heavy atom. The number of hydrogen-bond acceptors (Lipinski definition) is 7. The molecule has 30 heavy (non-hydrogen) atoms. The number of esters is 1. The summed E-state index contributed by atoms with van der Waals surface area (Å²) in [6.07, 6.45) is 6.61. The van der Waals surface area contributed by atoms with E-state index < -0.39 is 0 Å². The lowest BCUT2D eigenvalue weighted by Crippen LogP contribution is -2.03. The number of pyridine rings is 2. The van der Waals surface area contributed by atoms with Crippen LogP contribution in [0.1, 0.15) is 28.0 Å². The normalized spacial score (nSPS) is 10.7. The maximum absolute atomic E-state index is 11.8. The SMILES string of the molecule is COC(=O)c1ccccc1SCCCSCc1ccnc(CSc2ccncc2)c1. The van der Waals surface area contributed by atoms with E-state index >= 15 is 0 Å². The molecule has 0 aliphatic heterocycles. The Labute approximate surface area is 190 Å². The van der Waals surface area contributed by atoms with Gasteiger partial charge in [0.25, 0.3) is 0 Å². The van der Waals surface area contributed by atoms with Crippen LogP contribution in [-0.2, 0) is 16.2 Å². The van der Waals surface area contributed by atoms with Gasteiger partial charge in [0, 0.05) is 39.9 Å². The van der Waals surface area contributed by atoms with E-state index in [1.54, 1.807) is 23.5 Å². The molecular weight excluding hydrogens is 432 g/mol. The third kappa shape index (κ3) is 7.38. The highest BCUT2D eigenvalue weighted by molar-refractivity contribution is 8.00. The predicted molar refractivity (Wildman–Crippen MR) is 127 cm³/mol. The van der Waals surface area contributed by atoms with Crippen LogP contribution in [0.4, 0.5) is 0 Å². The van der Waals surface area contributed by atoms with E-state index in [0.717, 1.165) is 40.0 Å². The Kier molecular flexibility index (Phi) is 9.60. The van der Waals surface area contributed by atoms with E-state index in [1.165, 1.54) is 17.6 Å². The zero-order valence-electron chi connectivity index (χ0n) is 16.8. The molecule has 0 aliphatic rings. The monoisotopic (exact) mass is 456 g/mol. The van der Waals surface area contributed by atoms with Crippen molar-refractivity contribution in [1.29, 1.82) is 0 Å². The van der Waals surface area contributed by atoms with Gasteiger partial charge in [-0.15, -0.1) is 23.5 Å². The maximum atomic E-state index is 11.8. The number of benzene rings is 1. The predicted octanol–water partition coefficient (Wildman–Crippen LogP) is 5.97. The van der Waals surface area contributed by atoms with Gasteiger partial charge < -0.3 is 4.74 Å². The largest absolute Gasteiger partial charge is 0.465 e. The summed E-state index contributed by atoms with van der Waals surface area (Å²) in [5.41, 5.74) is 3.06. The van der Waals surface area contributed by atoms with Crippen LogP contribution in [-0.4, -0.2) is 34.6 Å². The first-order valence-electron chi connectivity index (χ1n) is 9.61. The van der Waals surface area contributed by atoms with Gasteiger partial charge in [-0.3, -0.25) is 9.97 Å². The minimum atomic E-state index is -0.275. The Hall–Kier alpha value is -1.96. The Bertz CT molecular complexity index is 938. The molecule has 0 saturated heterocycles. The fraction of sp³-hybridized carbons (Fsp3) is 0.261. The van der Waals surface area contributed by atoms with Gasteiger partial charge in [0.1, 0.15) is 0 Å². The van der Waals surface area contributed by atoms with E-state index in [1.807, 2.05) is 66.8 Å². The van der Waals surface area contributed by atoms with Crippen molar-refractivity contribution in [3.8, 4) is 0 Å². The van der Waals surface area contributed by atoms with Crippen LogP contribution < -0.4 is 0 Å².